The van der Waals surface area contributed by atoms with Crippen LogP contribution >= 0.6 is 12.2 Å². The molecular formula is C17H18N2O2S. The summed E-state index contributed by atoms with van der Waals surface area (Å²) in [5.41, 5.74) is 5.14. The molecule has 0 bridgehead atoms. The van der Waals surface area contributed by atoms with Crippen LogP contribution in [0.25, 0.3) is 11.3 Å². The Balaban J connectivity index is 2.58. The fourth-order valence-electron chi connectivity index (χ4n) is 2.23. The lowest BCUT2D eigenvalue weighted by Gasteiger charge is -2.14. The van der Waals surface area contributed by atoms with Gasteiger partial charge in [-0.05, 0) is 19.4 Å². The number of aromatic amines is 1. The Morgan fingerprint density at radius 3 is 2.50 bits per heavy atom. The fraction of sp³-hybridized carbons (Fsp3) is 0.294. The summed E-state index contributed by atoms with van der Waals surface area (Å²) >= 11 is 5.48. The van der Waals surface area contributed by atoms with Crippen LogP contribution in [0.2, 0.25) is 0 Å². The number of benzene rings is 1. The zero-order valence-corrected chi connectivity index (χ0v) is 13.7. The first kappa shape index (κ1) is 16.4. The lowest BCUT2D eigenvalue weighted by atomic mass is 10.0. The summed E-state index contributed by atoms with van der Waals surface area (Å²) in [6, 6.07) is 10.3. The van der Waals surface area contributed by atoms with E-state index in [0.717, 1.165) is 22.5 Å². The summed E-state index contributed by atoms with van der Waals surface area (Å²) in [5.74, 6) is 0. The molecule has 22 heavy (non-hydrogen) atoms. The number of H-pyrrole nitrogens is 1. The van der Waals surface area contributed by atoms with E-state index in [9.17, 15) is 5.26 Å². The van der Waals surface area contributed by atoms with Gasteiger partial charge in [0.25, 0.3) is 0 Å². The van der Waals surface area contributed by atoms with Gasteiger partial charge in [-0.3, -0.25) is 0 Å². The number of pyridine rings is 1. The molecule has 0 atom stereocenters. The lowest BCUT2D eigenvalue weighted by Crippen LogP contribution is -2.04. The van der Waals surface area contributed by atoms with E-state index in [1.54, 1.807) is 7.11 Å². The number of nitrogens with one attached hydrogen (secondary N) is 1. The summed E-state index contributed by atoms with van der Waals surface area (Å²) in [7, 11) is 1.57. The van der Waals surface area contributed by atoms with E-state index in [-0.39, 0.29) is 6.79 Å². The highest BCUT2D eigenvalue weighted by molar-refractivity contribution is 7.71. The van der Waals surface area contributed by atoms with Crippen molar-refractivity contribution in [1.29, 1.82) is 5.26 Å². The lowest BCUT2D eigenvalue weighted by molar-refractivity contribution is -0.0390. The second-order valence-corrected chi connectivity index (χ2v) is 5.45. The van der Waals surface area contributed by atoms with Gasteiger partial charge in [-0.15, -0.1) is 0 Å². The number of hydrogen-bond donors (Lipinski definition) is 1. The van der Waals surface area contributed by atoms with E-state index in [1.165, 1.54) is 5.56 Å². The maximum absolute atomic E-state index is 9.29. The molecule has 0 aliphatic rings. The van der Waals surface area contributed by atoms with Gasteiger partial charge in [-0.1, -0.05) is 42.0 Å². The van der Waals surface area contributed by atoms with Crippen molar-refractivity contribution in [2.45, 2.75) is 20.5 Å². The molecule has 1 aromatic carbocycles. The van der Waals surface area contributed by atoms with Gasteiger partial charge in [0, 0.05) is 18.4 Å². The molecule has 1 heterocycles. The number of nitrogens with zero attached hydrogens (tertiary/aromatic N) is 1. The molecule has 0 fully saturated rings. The predicted molar refractivity (Wildman–Crippen MR) is 87.9 cm³/mol. The fourth-order valence-corrected chi connectivity index (χ4v) is 2.59. The average molecular weight is 314 g/mol. The van der Waals surface area contributed by atoms with Crippen LogP contribution in [0.1, 0.15) is 22.4 Å². The van der Waals surface area contributed by atoms with Gasteiger partial charge in [0.2, 0.25) is 0 Å². The largest absolute Gasteiger partial charge is 0.359 e. The number of methoxy groups -OCH3 is 1. The summed E-state index contributed by atoms with van der Waals surface area (Å²) in [6.45, 7) is 4.36. The number of aryl methyl sites for hydroxylation is 2. The first-order valence-corrected chi connectivity index (χ1v) is 7.29. The maximum atomic E-state index is 9.29. The third kappa shape index (κ3) is 3.42. The normalized spacial score (nSPS) is 10.5. The highest BCUT2D eigenvalue weighted by Crippen LogP contribution is 2.26. The number of aromatic nitrogens is 1. The van der Waals surface area contributed by atoms with Gasteiger partial charge < -0.3 is 14.5 Å². The molecule has 5 heteroatoms. The summed E-state index contributed by atoms with van der Waals surface area (Å²) < 4.78 is 10.9. The molecule has 0 unspecified atom stereocenters. The second-order valence-electron chi connectivity index (χ2n) is 5.04. The first-order chi connectivity index (χ1) is 10.6. The minimum atomic E-state index is 0.178. The van der Waals surface area contributed by atoms with E-state index in [4.69, 9.17) is 21.7 Å². The van der Waals surface area contributed by atoms with Crippen LogP contribution < -0.4 is 0 Å². The molecule has 0 saturated carbocycles. The quantitative estimate of drug-likeness (QED) is 0.514. The van der Waals surface area contributed by atoms with E-state index in [1.807, 2.05) is 38.1 Å². The van der Waals surface area contributed by atoms with Crippen molar-refractivity contribution < 1.29 is 9.47 Å². The standard InChI is InChI=1S/C17H18N2O2S/c1-11-4-6-13(7-5-11)16-15(9-21-10-20-3)17(22)14(8-18)12(2)19-16/h4-7H,9-10H2,1-3H3,(H,19,22). The van der Waals surface area contributed by atoms with Crippen LogP contribution in [0.4, 0.5) is 0 Å². The number of hydrogen-bond acceptors (Lipinski definition) is 4. The van der Waals surface area contributed by atoms with Gasteiger partial charge in [-0.25, -0.2) is 0 Å². The van der Waals surface area contributed by atoms with Crippen LogP contribution in [0.3, 0.4) is 0 Å². The molecule has 114 valence electrons. The smallest absolute Gasteiger partial charge is 0.146 e. The Morgan fingerprint density at radius 2 is 1.91 bits per heavy atom. The van der Waals surface area contributed by atoms with E-state index >= 15 is 0 Å². The summed E-state index contributed by atoms with van der Waals surface area (Å²) in [5, 5.41) is 9.29. The van der Waals surface area contributed by atoms with E-state index in [2.05, 4.69) is 11.1 Å². The Bertz CT molecular complexity index is 758. The number of rotatable bonds is 5. The minimum absolute atomic E-state index is 0.178. The van der Waals surface area contributed by atoms with Crippen molar-refractivity contribution in [2.24, 2.45) is 0 Å². The zero-order valence-electron chi connectivity index (χ0n) is 12.9. The third-order valence-corrected chi connectivity index (χ3v) is 3.84. The Kier molecular flexibility index (Phi) is 5.45. The molecule has 2 aromatic rings. The molecule has 4 nitrogen and oxygen atoms in total. The van der Waals surface area contributed by atoms with E-state index < -0.39 is 0 Å². The van der Waals surface area contributed by atoms with Crippen molar-refractivity contribution in [3.05, 3.63) is 51.2 Å². The molecule has 0 aliphatic heterocycles. The topological polar surface area (TPSA) is 58.0 Å². The molecule has 0 spiro atoms. The first-order valence-electron chi connectivity index (χ1n) is 6.88. The zero-order chi connectivity index (χ0) is 16.1. The van der Waals surface area contributed by atoms with Gasteiger partial charge >= 0.3 is 0 Å². The highest BCUT2D eigenvalue weighted by atomic mass is 32.1. The molecule has 2 rings (SSSR count). The maximum Gasteiger partial charge on any atom is 0.146 e. The van der Waals surface area contributed by atoms with Crippen LogP contribution in [-0.4, -0.2) is 18.9 Å². The highest BCUT2D eigenvalue weighted by Gasteiger charge is 2.13. The molecule has 0 radical (unpaired) electrons. The van der Waals surface area contributed by atoms with Crippen molar-refractivity contribution >= 4 is 12.2 Å². The van der Waals surface area contributed by atoms with Crippen LogP contribution in [-0.2, 0) is 16.1 Å². The van der Waals surface area contributed by atoms with Gasteiger partial charge in [0.15, 0.2) is 0 Å². The Hall–Kier alpha value is -2.00. The average Bonchev–Trinajstić information content (AvgIpc) is 2.50. The monoisotopic (exact) mass is 314 g/mol. The van der Waals surface area contributed by atoms with Crippen molar-refractivity contribution in [1.82, 2.24) is 4.98 Å². The molecule has 0 amide bonds. The number of nitriles is 1. The van der Waals surface area contributed by atoms with Gasteiger partial charge in [0.1, 0.15) is 12.9 Å². The van der Waals surface area contributed by atoms with Crippen molar-refractivity contribution in [2.75, 3.05) is 13.9 Å². The van der Waals surface area contributed by atoms with Crippen LogP contribution in [0.5, 0.6) is 0 Å². The Labute approximate surface area is 135 Å². The van der Waals surface area contributed by atoms with Crippen LogP contribution in [0.15, 0.2) is 24.3 Å². The predicted octanol–water partition coefficient (Wildman–Crippen LogP) is 4.02. The molecular weight excluding hydrogens is 296 g/mol. The molecule has 1 N–H and O–H groups in total. The second kappa shape index (κ2) is 7.32. The third-order valence-electron chi connectivity index (χ3n) is 3.39. The Morgan fingerprint density at radius 1 is 1.23 bits per heavy atom. The van der Waals surface area contributed by atoms with E-state index in [0.29, 0.717) is 16.7 Å². The van der Waals surface area contributed by atoms with Crippen LogP contribution in [0, 0.1) is 29.7 Å². The van der Waals surface area contributed by atoms with Gasteiger partial charge in [0.05, 0.1) is 22.4 Å². The summed E-state index contributed by atoms with van der Waals surface area (Å²) in [6.07, 6.45) is 0. The molecule has 1 aromatic heterocycles. The molecule has 0 saturated heterocycles. The van der Waals surface area contributed by atoms with Gasteiger partial charge in [-0.2, -0.15) is 5.26 Å². The summed E-state index contributed by atoms with van der Waals surface area (Å²) in [4.78, 5) is 3.29. The minimum Gasteiger partial charge on any atom is -0.359 e. The van der Waals surface area contributed by atoms with Crippen molar-refractivity contribution in [3.63, 3.8) is 0 Å². The molecule has 0 aliphatic carbocycles. The number of ether oxygens (including phenoxy) is 2. The SMILES string of the molecule is COCOCc1c(-c2ccc(C)cc2)[nH]c(C)c(C#N)c1=S. The van der Waals surface area contributed by atoms with Crippen molar-refractivity contribution in [3.8, 4) is 17.3 Å².